The van der Waals surface area contributed by atoms with Crippen LogP contribution in [0.5, 0.6) is 28.7 Å². The Hall–Kier alpha value is -8.31. The van der Waals surface area contributed by atoms with E-state index in [9.17, 15) is 24.0 Å². The lowest BCUT2D eigenvalue weighted by Crippen LogP contribution is -2.12. The number of hydrogen-bond acceptors (Lipinski definition) is 17. The van der Waals surface area contributed by atoms with Gasteiger partial charge in [-0.25, -0.2) is 29.0 Å². The summed E-state index contributed by atoms with van der Waals surface area (Å²) >= 11 is 1.42. The Kier molecular flexibility index (Phi) is 23.6. The van der Waals surface area contributed by atoms with Crippen molar-refractivity contribution in [2.24, 2.45) is 5.10 Å². The maximum atomic E-state index is 14.1. The number of fused-ring (bicyclic) bond motifs is 2. The van der Waals surface area contributed by atoms with E-state index in [1.165, 1.54) is 17.6 Å². The monoisotopic (exact) mass is 1050 g/mol. The number of carbonyl (C=O) groups is 5. The SMILES string of the molecule is C=CC(=O)OCCCCCCOc1ccc(C(=O)Oc2cc(/C=N/Nc3nc4ccccc4s3)c(OC(=O)c3ccc(OCCCCCCOC(=O)C=C)cc3)c3ccc(OCCCCCCOC(=O)C=C)cc23)cc1. The Morgan fingerprint density at radius 3 is 1.47 bits per heavy atom. The molecule has 0 atom stereocenters. The predicted octanol–water partition coefficient (Wildman–Crippen LogP) is 12.3. The number of unbranched alkanes of at least 4 members (excludes halogenated alkanes) is 9. The first-order valence-electron chi connectivity index (χ1n) is 25.3. The van der Waals surface area contributed by atoms with Gasteiger partial charge in [0.1, 0.15) is 28.7 Å². The summed E-state index contributed by atoms with van der Waals surface area (Å²) in [6.07, 6.45) is 14.6. The van der Waals surface area contributed by atoms with Gasteiger partial charge in [0, 0.05) is 34.6 Å². The van der Waals surface area contributed by atoms with Gasteiger partial charge in [-0.05, 0) is 162 Å². The molecule has 5 aromatic carbocycles. The molecule has 0 amide bonds. The van der Waals surface area contributed by atoms with E-state index in [1.807, 2.05) is 24.3 Å². The second-order valence-electron chi connectivity index (χ2n) is 17.1. The number of carbonyl (C=O) groups excluding carboxylic acids is 5. The zero-order valence-electron chi connectivity index (χ0n) is 42.5. The Morgan fingerprint density at radius 1 is 0.513 bits per heavy atom. The maximum absolute atomic E-state index is 14.1. The molecular weight excluding hydrogens is 991 g/mol. The molecule has 6 rings (SSSR count). The molecule has 0 bridgehead atoms. The van der Waals surface area contributed by atoms with Crippen molar-refractivity contribution in [3.05, 3.63) is 152 Å². The van der Waals surface area contributed by atoms with Gasteiger partial charge in [-0.15, -0.1) is 0 Å². The van der Waals surface area contributed by atoms with E-state index in [2.05, 4.69) is 35.2 Å². The lowest BCUT2D eigenvalue weighted by Gasteiger charge is -2.16. The predicted molar refractivity (Wildman–Crippen MR) is 293 cm³/mol. The molecule has 6 aromatic rings. The number of esters is 5. The van der Waals surface area contributed by atoms with E-state index in [1.54, 1.807) is 72.8 Å². The Labute approximate surface area is 446 Å². The lowest BCUT2D eigenvalue weighted by molar-refractivity contribution is -0.138. The zero-order chi connectivity index (χ0) is 53.7. The first kappa shape index (κ1) is 57.0. The highest BCUT2D eigenvalue weighted by atomic mass is 32.1. The fourth-order valence-electron chi connectivity index (χ4n) is 7.45. The van der Waals surface area contributed by atoms with E-state index in [-0.39, 0.29) is 22.6 Å². The molecule has 1 heterocycles. The van der Waals surface area contributed by atoms with Crippen LogP contribution in [-0.2, 0) is 28.6 Å². The summed E-state index contributed by atoms with van der Waals surface area (Å²) in [5, 5.41) is 5.89. The molecule has 0 unspecified atom stereocenters. The number of anilines is 1. The molecule has 0 spiro atoms. The molecular formula is C59H63N3O13S. The molecule has 0 aliphatic heterocycles. The van der Waals surface area contributed by atoms with Crippen LogP contribution in [0.4, 0.5) is 5.13 Å². The van der Waals surface area contributed by atoms with Gasteiger partial charge >= 0.3 is 29.8 Å². The number of para-hydroxylation sites is 1. The Morgan fingerprint density at radius 2 is 0.974 bits per heavy atom. The van der Waals surface area contributed by atoms with E-state index < -0.39 is 29.8 Å². The lowest BCUT2D eigenvalue weighted by atomic mass is 10.0. The van der Waals surface area contributed by atoms with Gasteiger partial charge < -0.3 is 37.9 Å². The van der Waals surface area contributed by atoms with E-state index in [4.69, 9.17) is 37.9 Å². The maximum Gasteiger partial charge on any atom is 0.343 e. The number of benzene rings is 5. The fraction of sp³-hybridized carbons (Fsp3) is 0.305. The zero-order valence-corrected chi connectivity index (χ0v) is 43.3. The van der Waals surface area contributed by atoms with Crippen molar-refractivity contribution >= 4 is 73.5 Å². The third-order valence-corrected chi connectivity index (χ3v) is 12.4. The van der Waals surface area contributed by atoms with Gasteiger partial charge in [-0.1, -0.05) is 43.2 Å². The Bertz CT molecular complexity index is 2900. The summed E-state index contributed by atoms with van der Waals surface area (Å²) in [6, 6.07) is 27.8. The summed E-state index contributed by atoms with van der Waals surface area (Å²) in [5.74, 6) is -0.657. The van der Waals surface area contributed by atoms with Crippen LogP contribution in [-0.4, -0.2) is 80.7 Å². The van der Waals surface area contributed by atoms with Crippen molar-refractivity contribution in [1.29, 1.82) is 0 Å². The molecule has 76 heavy (non-hydrogen) atoms. The fourth-order valence-corrected chi connectivity index (χ4v) is 8.26. The van der Waals surface area contributed by atoms with Gasteiger partial charge in [0.2, 0.25) is 5.13 Å². The molecule has 398 valence electrons. The number of hydrogen-bond donors (Lipinski definition) is 1. The van der Waals surface area contributed by atoms with Gasteiger partial charge in [0.05, 0.1) is 67.2 Å². The molecule has 0 saturated heterocycles. The second kappa shape index (κ2) is 31.4. The largest absolute Gasteiger partial charge is 0.494 e. The number of hydrazone groups is 1. The van der Waals surface area contributed by atoms with Crippen LogP contribution in [0.1, 0.15) is 103 Å². The molecule has 0 radical (unpaired) electrons. The Balaban J connectivity index is 1.20. The summed E-state index contributed by atoms with van der Waals surface area (Å²) in [6.45, 7) is 12.5. The number of rotatable bonds is 34. The topological polar surface area (TPSA) is 196 Å². The van der Waals surface area contributed by atoms with Crippen molar-refractivity contribution < 1.29 is 61.9 Å². The molecule has 0 fully saturated rings. The summed E-state index contributed by atoms with van der Waals surface area (Å²) in [4.78, 5) is 66.5. The highest BCUT2D eigenvalue weighted by Crippen LogP contribution is 2.40. The highest BCUT2D eigenvalue weighted by Gasteiger charge is 2.21. The van der Waals surface area contributed by atoms with E-state index in [0.29, 0.717) is 84.8 Å². The van der Waals surface area contributed by atoms with Crippen LogP contribution in [0.15, 0.2) is 140 Å². The number of thiazole rings is 1. The van der Waals surface area contributed by atoms with Crippen LogP contribution < -0.4 is 29.1 Å². The second-order valence-corrected chi connectivity index (χ2v) is 18.1. The highest BCUT2D eigenvalue weighted by molar-refractivity contribution is 7.22. The van der Waals surface area contributed by atoms with Crippen LogP contribution in [0, 0.1) is 0 Å². The normalized spacial score (nSPS) is 10.9. The van der Waals surface area contributed by atoms with E-state index >= 15 is 0 Å². The van der Waals surface area contributed by atoms with Gasteiger partial charge in [-0.2, -0.15) is 5.10 Å². The molecule has 1 aromatic heterocycles. The average Bonchev–Trinajstić information content (AvgIpc) is 3.87. The van der Waals surface area contributed by atoms with Crippen molar-refractivity contribution in [2.45, 2.75) is 77.0 Å². The summed E-state index contributed by atoms with van der Waals surface area (Å²) < 4.78 is 46.6. The summed E-state index contributed by atoms with van der Waals surface area (Å²) in [5.41, 5.74) is 4.63. The standard InChI is InChI=1S/C59H63N3O13S/c1-4-53(63)71-36-18-10-7-15-33-68-45-27-23-42(24-28-45)57(66)74-51-39-44(41-60-62-59-61-50-21-13-14-22-52(50)76-59)56(48-32-31-47(40-49(48)51)70-35-17-9-12-20-38-73-55(65)6-3)75-58(67)43-25-29-46(30-26-43)69-34-16-8-11-19-37-72-54(64)5-2/h4-6,13-14,21-32,39-41H,1-3,7-12,15-20,33-38H2,(H,61,62)/b60-41+. The van der Waals surface area contributed by atoms with Crippen LogP contribution >= 0.6 is 11.3 Å². The first-order valence-corrected chi connectivity index (χ1v) is 26.1. The number of nitrogens with one attached hydrogen (secondary N) is 1. The van der Waals surface area contributed by atoms with Crippen LogP contribution in [0.25, 0.3) is 21.0 Å². The third kappa shape index (κ3) is 18.9. The molecule has 0 aliphatic rings. The van der Waals surface area contributed by atoms with Crippen molar-refractivity contribution in [3.8, 4) is 28.7 Å². The molecule has 16 nitrogen and oxygen atoms in total. The van der Waals surface area contributed by atoms with Gasteiger partial charge in [0.15, 0.2) is 0 Å². The minimum absolute atomic E-state index is 0.149. The van der Waals surface area contributed by atoms with Gasteiger partial charge in [0.25, 0.3) is 0 Å². The molecule has 0 saturated carbocycles. The van der Waals surface area contributed by atoms with Crippen LogP contribution in [0.3, 0.4) is 0 Å². The first-order chi connectivity index (χ1) is 37.1. The minimum atomic E-state index is -0.656. The smallest absolute Gasteiger partial charge is 0.343 e. The number of nitrogens with zero attached hydrogens (tertiary/aromatic N) is 2. The minimum Gasteiger partial charge on any atom is -0.494 e. The van der Waals surface area contributed by atoms with Crippen molar-refractivity contribution in [1.82, 2.24) is 4.98 Å². The van der Waals surface area contributed by atoms with E-state index in [0.717, 1.165) is 99.1 Å². The number of aromatic nitrogens is 1. The molecule has 17 heteroatoms. The van der Waals surface area contributed by atoms with Crippen molar-refractivity contribution in [2.75, 3.05) is 45.1 Å². The van der Waals surface area contributed by atoms with Gasteiger partial charge in [-0.3, -0.25) is 5.43 Å². The van der Waals surface area contributed by atoms with Crippen LogP contribution in [0.2, 0.25) is 0 Å². The molecule has 0 aliphatic carbocycles. The third-order valence-electron chi connectivity index (χ3n) is 11.4. The quantitative estimate of drug-likeness (QED) is 0.00761. The average molecular weight is 1050 g/mol. The van der Waals surface area contributed by atoms with Crippen molar-refractivity contribution in [3.63, 3.8) is 0 Å². The summed E-state index contributed by atoms with van der Waals surface area (Å²) in [7, 11) is 0. The number of ether oxygens (including phenoxy) is 8. The molecule has 1 N–H and O–H groups in total.